The zero-order valence-corrected chi connectivity index (χ0v) is 90.8. The van der Waals surface area contributed by atoms with Crippen LogP contribution in [0.15, 0.2) is 340 Å². The van der Waals surface area contributed by atoms with Gasteiger partial charge >= 0.3 is 42.1 Å². The van der Waals surface area contributed by atoms with E-state index in [1.54, 1.807) is 42.9 Å². The number of nitrogens with zero attached hydrogens (tertiary/aromatic N) is 12. The Morgan fingerprint density at radius 3 is 1.10 bits per heavy atom. The average Bonchev–Trinajstić information content (AvgIpc) is 0.883. The van der Waals surface area contributed by atoms with Crippen LogP contribution in [0.4, 0.5) is 131 Å². The van der Waals surface area contributed by atoms with Crippen LogP contribution in [0.1, 0.15) is 192 Å². The van der Waals surface area contributed by atoms with Gasteiger partial charge in [-0.2, -0.15) is 26.7 Å². The molecule has 0 atom stereocenters. The third-order valence-electron chi connectivity index (χ3n) is 28.8. The van der Waals surface area contributed by atoms with Crippen LogP contribution in [-0.4, -0.2) is 51.1 Å². The number of allylic oxidation sites excluding steroid dienone is 1. The molecule has 16 aromatic carbocycles. The first-order chi connectivity index (χ1) is 75.6. The fraction of sp³-hybridized carbons (Fsp3) is 0.200. The summed E-state index contributed by atoms with van der Waals surface area (Å²) in [5, 5.41) is 16.8. The van der Waals surface area contributed by atoms with Crippen molar-refractivity contribution in [3.05, 3.63) is 440 Å². The van der Waals surface area contributed by atoms with E-state index >= 15 is 0 Å². The summed E-state index contributed by atoms with van der Waals surface area (Å²) in [7, 11) is 0. The number of fused-ring (bicyclic) bond motifs is 1. The molecule has 0 saturated heterocycles. The molecule has 8 heterocycles. The first-order valence-corrected chi connectivity index (χ1v) is 50.8. The molecule has 0 radical (unpaired) electrons. The molecule has 744 valence electrons. The van der Waals surface area contributed by atoms with Gasteiger partial charge in [0, 0.05) is 102 Å². The third-order valence-corrected chi connectivity index (χ3v) is 28.8. The predicted octanol–water partition coefficient (Wildman–Crippen LogP) is 31.5. The van der Waals surface area contributed by atoms with Crippen LogP contribution in [0.25, 0.3) is 32.9 Å². The van der Waals surface area contributed by atoms with Gasteiger partial charge in [0.05, 0.1) is 0 Å². The number of hydrogen-bond donors (Lipinski definition) is 2. The third kappa shape index (κ3) is 19.3. The first-order valence-electron chi connectivity index (χ1n) is 56.8. The van der Waals surface area contributed by atoms with E-state index in [1.165, 1.54) is 193 Å². The van der Waals surface area contributed by atoms with Crippen molar-refractivity contribution in [1.29, 1.82) is 0 Å². The molecule has 0 bridgehead atoms. The number of aryl methyl sites for hydroxylation is 3. The van der Waals surface area contributed by atoms with E-state index < -0.39 is 27.9 Å². The Kier molecular flexibility index (Phi) is 25.5. The minimum atomic E-state index is -2.45. The molecule has 0 aliphatic carbocycles. The van der Waals surface area contributed by atoms with Gasteiger partial charge in [0.1, 0.15) is 0 Å². The molecule has 0 amide bonds. The molecule has 14 nitrogen and oxygen atoms in total. The molecule has 0 saturated carbocycles. The molecule has 24 rings (SSSR count). The SMILES string of the molecule is Cc1cc2c3c(c1)N(c1ccccc1)c1cccc4c1B3c1c(cccc1N2c1ccccc1)[N-]4.Cc1cc2c3c(c1)N(c1ccccc1)c1cccc4c1B3c1c(cccc1N2c1ccccc1)[N-]4.[2H]C([2H])([2H])N([CH-]Nc1[c-]c(N2[CH-]N(C([2H])([2H])[2H])c3ccccc32)cc(-c2c(C(C)C)cc(C(C)C)cc2C(C)C)c1)c1ccccc1C.[2H]C([2H])([2H])N1C=CN(c2[c-]c(N[CH-]N(/C=C\C)C([2H])([2H])[2H])cc(-c3c(C(C)C)cc(C(C)C)cc3C(C)C)c2)[CH-]1.[Pt+4].[Pt+4]. The number of anilines is 19. The zero-order valence-electron chi connectivity index (χ0n) is 98.3. The van der Waals surface area contributed by atoms with Gasteiger partial charge in [0.2, 0.25) is 13.4 Å². The second-order valence-corrected chi connectivity index (χ2v) is 40.6. The van der Waals surface area contributed by atoms with Gasteiger partial charge < -0.3 is 70.3 Å². The second kappa shape index (κ2) is 42.9. The Hall–Kier alpha value is -14.3. The van der Waals surface area contributed by atoms with Gasteiger partial charge in [0.15, 0.2) is 0 Å². The maximum atomic E-state index is 8.32. The van der Waals surface area contributed by atoms with Crippen molar-refractivity contribution in [1.82, 2.24) is 9.80 Å². The van der Waals surface area contributed by atoms with Crippen LogP contribution >= 0.6 is 0 Å². The minimum Gasteiger partial charge on any atom is -0.659 e. The van der Waals surface area contributed by atoms with Crippen LogP contribution in [0, 0.1) is 59.6 Å². The smallest absolute Gasteiger partial charge is 0.659 e. The fourth-order valence-electron chi connectivity index (χ4n) is 22.0. The van der Waals surface area contributed by atoms with E-state index in [-0.39, 0.29) is 79.2 Å². The number of para-hydroxylation sites is 7. The Morgan fingerprint density at radius 2 is 0.736 bits per heavy atom. The Bertz CT molecular complexity index is 7650. The van der Waals surface area contributed by atoms with Crippen LogP contribution in [0.5, 0.6) is 0 Å². The average molecular weight is 2310 g/mol. The summed E-state index contributed by atoms with van der Waals surface area (Å²) >= 11 is 0. The van der Waals surface area contributed by atoms with Gasteiger partial charge in [-0.05, 0) is 297 Å². The van der Waals surface area contributed by atoms with Crippen molar-refractivity contribution < 1.29 is 58.6 Å². The number of benzene rings is 16. The monoisotopic (exact) mass is 2310 g/mol. The summed E-state index contributed by atoms with van der Waals surface area (Å²) in [6, 6.07) is 117. The summed E-state index contributed by atoms with van der Waals surface area (Å²) in [4.78, 5) is 18.1. The van der Waals surface area contributed by atoms with Crippen LogP contribution in [0.3, 0.4) is 0 Å². The van der Waals surface area contributed by atoms with Gasteiger partial charge in [0.25, 0.3) is 0 Å². The molecule has 2 N–H and O–H groups in total. The molecular formula is C130H128B2N14Pt2. The summed E-state index contributed by atoms with van der Waals surface area (Å²) in [5.41, 5.74) is 45.9. The van der Waals surface area contributed by atoms with Crippen molar-refractivity contribution in [2.75, 3.05) is 77.7 Å². The molecule has 8 aliphatic rings. The van der Waals surface area contributed by atoms with Crippen molar-refractivity contribution in [3.8, 4) is 22.3 Å². The quantitative estimate of drug-likeness (QED) is 0.0501. The van der Waals surface area contributed by atoms with E-state index in [4.69, 9.17) is 27.1 Å². The number of nitrogens with one attached hydrogen (secondary N) is 2. The molecule has 16 aromatic rings. The summed E-state index contributed by atoms with van der Waals surface area (Å²) in [6.45, 7) is 31.2. The Balaban J connectivity index is 0.000000132. The second-order valence-electron chi connectivity index (χ2n) is 40.6. The number of hydrogen-bond acceptors (Lipinski definition) is 12. The minimum absolute atomic E-state index is 0. The van der Waals surface area contributed by atoms with Gasteiger partial charge in [-0.1, -0.05) is 287 Å². The van der Waals surface area contributed by atoms with Crippen molar-refractivity contribution in [2.24, 2.45) is 0 Å². The number of rotatable bonds is 22. The molecule has 148 heavy (non-hydrogen) atoms. The normalized spacial score (nSPS) is 15.0. The van der Waals surface area contributed by atoms with Gasteiger partial charge in [-0.25, -0.2) is 0 Å². The Morgan fingerprint density at radius 1 is 0.365 bits per heavy atom. The first kappa shape index (κ1) is 87.9. The summed E-state index contributed by atoms with van der Waals surface area (Å²) in [6.07, 6.45) is 6.32. The van der Waals surface area contributed by atoms with Crippen LogP contribution < -0.4 is 82.6 Å². The van der Waals surface area contributed by atoms with Gasteiger partial charge in [-0.15, -0.1) is 93.0 Å². The molecule has 8 aliphatic heterocycles. The Labute approximate surface area is 924 Å². The van der Waals surface area contributed by atoms with E-state index in [9.17, 15) is 0 Å². The van der Waals surface area contributed by atoms with Crippen LogP contribution in [0.2, 0.25) is 0 Å². The molecular weight excluding hydrogens is 2170 g/mol. The molecule has 0 fully saturated rings. The molecule has 18 heteroatoms. The van der Waals surface area contributed by atoms with Crippen molar-refractivity contribution in [3.63, 3.8) is 0 Å². The summed E-state index contributed by atoms with van der Waals surface area (Å²) < 4.78 is 96.5. The molecule has 0 spiro atoms. The predicted molar refractivity (Wildman–Crippen MR) is 625 cm³/mol. The van der Waals surface area contributed by atoms with Crippen molar-refractivity contribution in [2.45, 2.75) is 146 Å². The van der Waals surface area contributed by atoms with E-state index in [0.717, 1.165) is 55.5 Å². The van der Waals surface area contributed by atoms with E-state index in [1.807, 2.05) is 72.5 Å². The van der Waals surface area contributed by atoms with E-state index in [2.05, 4.69) is 382 Å². The maximum Gasteiger partial charge on any atom is 4.00 e. The largest absolute Gasteiger partial charge is 4.00 e. The van der Waals surface area contributed by atoms with E-state index in [0.29, 0.717) is 51.6 Å². The molecule has 0 unspecified atom stereocenters. The fourth-order valence-corrected chi connectivity index (χ4v) is 22.0. The summed E-state index contributed by atoms with van der Waals surface area (Å²) in [5.74, 6) is 1.70. The van der Waals surface area contributed by atoms with Crippen LogP contribution in [-0.2, 0) is 42.1 Å². The zero-order chi connectivity index (χ0) is 111. The molecule has 0 aromatic heterocycles. The topological polar surface area (TPSA) is 84.7 Å². The van der Waals surface area contributed by atoms with Crippen molar-refractivity contribution >= 4 is 177 Å². The standard InChI is InChI=1S/C38H45N4.2C31H21BN3.C30H41N4.2Pt/c1-25(2)29-20-33(26(3)4)38(34(21-29)27(5)6)30-18-31(39-23-40(8)35-15-11-10-14-28(35)7)22-32(19-30)42-24-41(9)36-16-12-13-17-37(36)42;2*1-20-18-27-31-28(19-20)35(22-12-6-3-7-13-22)26-17-9-15-24-30(26)32(31)29-23(33-24)14-8-16-25(29)34(27)21-10-4-2-5-11-21;1-10-11-32(8)19-31-26-14-25(15-27(18-26)34-13-12-33(9)20-34)30-28(22(4)5)16-24(21(2)3)17-29(30)23(6)7;;/h10-21,23-27,39H,1-9H3;2*2-19H,1H3;10-17,19-23,31H,1-9H3;;/q-3;2*-1;-3;2*+4/b;;;11-10-;;/i8D3,9D3;;;8D3,9D3;;. The van der Waals surface area contributed by atoms with Gasteiger partial charge in [-0.3, -0.25) is 0 Å². The maximum absolute atomic E-state index is 8.32.